The van der Waals surface area contributed by atoms with Crippen molar-refractivity contribution in [3.05, 3.63) is 68.2 Å². The van der Waals surface area contributed by atoms with Gasteiger partial charge in [-0.2, -0.15) is 0 Å². The quantitative estimate of drug-likeness (QED) is 0.604. The van der Waals surface area contributed by atoms with Crippen LogP contribution < -0.4 is 5.32 Å². The Kier molecular flexibility index (Phi) is 4.96. The molecule has 5 heteroatoms. The Labute approximate surface area is 132 Å². The second kappa shape index (κ2) is 6.72. The van der Waals surface area contributed by atoms with Gasteiger partial charge < -0.3 is 5.32 Å². The van der Waals surface area contributed by atoms with E-state index >= 15 is 0 Å². The lowest BCUT2D eigenvalue weighted by molar-refractivity contribution is -0.385. The summed E-state index contributed by atoms with van der Waals surface area (Å²) in [6.07, 6.45) is 0. The summed E-state index contributed by atoms with van der Waals surface area (Å²) >= 11 is 3.35. The standard InChI is InChI=1S/C16H17BrN2O2/c1-11(2)12-3-6-15(7-4-12)18-10-13-9-14(17)5-8-16(13)19(20)21/h3-9,11,18H,10H2,1-2H3. The smallest absolute Gasteiger partial charge is 0.274 e. The summed E-state index contributed by atoms with van der Waals surface area (Å²) < 4.78 is 0.833. The second-order valence-electron chi connectivity index (χ2n) is 5.16. The Bertz CT molecular complexity index is 639. The maximum absolute atomic E-state index is 11.0. The van der Waals surface area contributed by atoms with E-state index in [1.54, 1.807) is 12.1 Å². The van der Waals surface area contributed by atoms with Gasteiger partial charge in [-0.05, 0) is 35.7 Å². The first-order chi connectivity index (χ1) is 9.97. The molecule has 0 fully saturated rings. The van der Waals surface area contributed by atoms with Crippen LogP contribution in [-0.2, 0) is 6.54 Å². The molecule has 1 N–H and O–H groups in total. The van der Waals surface area contributed by atoms with Crippen molar-refractivity contribution in [1.82, 2.24) is 0 Å². The van der Waals surface area contributed by atoms with Crippen molar-refractivity contribution < 1.29 is 4.92 Å². The van der Waals surface area contributed by atoms with Crippen LogP contribution in [0.5, 0.6) is 0 Å². The topological polar surface area (TPSA) is 55.2 Å². The molecule has 0 spiro atoms. The Hall–Kier alpha value is -1.88. The number of hydrogen-bond acceptors (Lipinski definition) is 3. The van der Waals surface area contributed by atoms with Gasteiger partial charge in [0, 0.05) is 28.3 Å². The van der Waals surface area contributed by atoms with E-state index in [4.69, 9.17) is 0 Å². The average molecular weight is 349 g/mol. The first-order valence-electron chi connectivity index (χ1n) is 6.74. The van der Waals surface area contributed by atoms with Crippen LogP contribution in [0, 0.1) is 10.1 Å². The first kappa shape index (κ1) is 15.5. The molecule has 21 heavy (non-hydrogen) atoms. The van der Waals surface area contributed by atoms with Crippen molar-refractivity contribution in [3.63, 3.8) is 0 Å². The molecule has 0 saturated carbocycles. The summed E-state index contributed by atoms with van der Waals surface area (Å²) in [4.78, 5) is 10.7. The van der Waals surface area contributed by atoms with Gasteiger partial charge in [0.25, 0.3) is 5.69 Å². The van der Waals surface area contributed by atoms with Crippen LogP contribution >= 0.6 is 15.9 Å². The summed E-state index contributed by atoms with van der Waals surface area (Å²) in [6, 6.07) is 13.1. The van der Waals surface area contributed by atoms with E-state index in [9.17, 15) is 10.1 Å². The first-order valence-corrected chi connectivity index (χ1v) is 7.53. The van der Waals surface area contributed by atoms with E-state index in [0.717, 1.165) is 10.2 Å². The highest BCUT2D eigenvalue weighted by Gasteiger charge is 2.13. The summed E-state index contributed by atoms with van der Waals surface area (Å²) in [5.74, 6) is 0.491. The summed E-state index contributed by atoms with van der Waals surface area (Å²) in [5, 5.41) is 14.3. The number of halogens is 1. The zero-order valence-corrected chi connectivity index (χ0v) is 13.6. The molecule has 2 aromatic carbocycles. The van der Waals surface area contributed by atoms with Gasteiger partial charge in [0.15, 0.2) is 0 Å². The minimum absolute atomic E-state index is 0.129. The number of nitrogens with one attached hydrogen (secondary N) is 1. The van der Waals surface area contributed by atoms with Crippen LogP contribution in [0.1, 0.15) is 30.9 Å². The maximum Gasteiger partial charge on any atom is 0.274 e. The van der Waals surface area contributed by atoms with Crippen molar-refractivity contribution >= 4 is 27.3 Å². The number of nitrogens with zero attached hydrogens (tertiary/aromatic N) is 1. The normalized spacial score (nSPS) is 10.7. The number of benzene rings is 2. The molecular weight excluding hydrogens is 332 g/mol. The maximum atomic E-state index is 11.0. The molecule has 2 aromatic rings. The molecule has 0 heterocycles. The lowest BCUT2D eigenvalue weighted by Crippen LogP contribution is -2.03. The van der Waals surface area contributed by atoms with Gasteiger partial charge in [0.1, 0.15) is 0 Å². The van der Waals surface area contributed by atoms with E-state index in [-0.39, 0.29) is 10.6 Å². The average Bonchev–Trinajstić information content (AvgIpc) is 2.45. The van der Waals surface area contributed by atoms with Gasteiger partial charge in [-0.1, -0.05) is 41.9 Å². The molecule has 110 valence electrons. The fourth-order valence-electron chi connectivity index (χ4n) is 2.06. The molecule has 0 aliphatic carbocycles. The van der Waals surface area contributed by atoms with Gasteiger partial charge in [-0.25, -0.2) is 0 Å². The highest BCUT2D eigenvalue weighted by Crippen LogP contribution is 2.24. The van der Waals surface area contributed by atoms with E-state index < -0.39 is 0 Å². The van der Waals surface area contributed by atoms with Crippen molar-refractivity contribution in [1.29, 1.82) is 0 Å². The predicted molar refractivity (Wildman–Crippen MR) is 88.7 cm³/mol. The van der Waals surface area contributed by atoms with Crippen LogP contribution in [0.15, 0.2) is 46.9 Å². The lowest BCUT2D eigenvalue weighted by atomic mass is 10.0. The molecule has 0 atom stereocenters. The predicted octanol–water partition coefficient (Wildman–Crippen LogP) is 5.09. The van der Waals surface area contributed by atoms with Crippen molar-refractivity contribution in [2.75, 3.05) is 5.32 Å². The van der Waals surface area contributed by atoms with Gasteiger partial charge in [0.2, 0.25) is 0 Å². The monoisotopic (exact) mass is 348 g/mol. The summed E-state index contributed by atoms with van der Waals surface area (Å²) in [6.45, 7) is 4.71. The molecule has 0 unspecified atom stereocenters. The van der Waals surface area contributed by atoms with Crippen molar-refractivity contribution in [2.45, 2.75) is 26.3 Å². The highest BCUT2D eigenvalue weighted by molar-refractivity contribution is 9.10. The third-order valence-corrected chi connectivity index (χ3v) is 3.79. The largest absolute Gasteiger partial charge is 0.381 e. The minimum atomic E-state index is -0.356. The van der Waals surface area contributed by atoms with Gasteiger partial charge in [-0.15, -0.1) is 0 Å². The molecule has 0 aliphatic rings. The molecule has 0 aromatic heterocycles. The Morgan fingerprint density at radius 3 is 2.43 bits per heavy atom. The summed E-state index contributed by atoms with van der Waals surface area (Å²) in [7, 11) is 0. The van der Waals surface area contributed by atoms with Crippen molar-refractivity contribution in [2.24, 2.45) is 0 Å². The fourth-order valence-corrected chi connectivity index (χ4v) is 2.47. The van der Waals surface area contributed by atoms with Gasteiger partial charge in [0.05, 0.1) is 4.92 Å². The highest BCUT2D eigenvalue weighted by atomic mass is 79.9. The van der Waals surface area contributed by atoms with Crippen LogP contribution in [0.2, 0.25) is 0 Å². The molecule has 0 bridgehead atoms. The Morgan fingerprint density at radius 2 is 1.86 bits per heavy atom. The third-order valence-electron chi connectivity index (χ3n) is 3.30. The minimum Gasteiger partial charge on any atom is -0.381 e. The molecule has 2 rings (SSSR count). The zero-order chi connectivity index (χ0) is 15.4. The molecular formula is C16H17BrN2O2. The van der Waals surface area contributed by atoms with Crippen molar-refractivity contribution in [3.8, 4) is 0 Å². The van der Waals surface area contributed by atoms with Gasteiger partial charge >= 0.3 is 0 Å². The number of anilines is 1. The number of nitro groups is 1. The zero-order valence-electron chi connectivity index (χ0n) is 12.0. The molecule has 0 saturated heterocycles. The number of hydrogen-bond donors (Lipinski definition) is 1. The van der Waals surface area contributed by atoms with Crippen LogP contribution in [-0.4, -0.2) is 4.92 Å². The van der Waals surface area contributed by atoms with E-state index in [1.807, 2.05) is 12.1 Å². The number of rotatable bonds is 5. The lowest BCUT2D eigenvalue weighted by Gasteiger charge is -2.10. The van der Waals surface area contributed by atoms with Crippen LogP contribution in [0.25, 0.3) is 0 Å². The van der Waals surface area contributed by atoms with Gasteiger partial charge in [-0.3, -0.25) is 10.1 Å². The second-order valence-corrected chi connectivity index (χ2v) is 6.08. The van der Waals surface area contributed by atoms with Crippen LogP contribution in [0.3, 0.4) is 0 Å². The Morgan fingerprint density at radius 1 is 1.19 bits per heavy atom. The fraction of sp³-hybridized carbons (Fsp3) is 0.250. The van der Waals surface area contributed by atoms with E-state index in [1.165, 1.54) is 11.6 Å². The van der Waals surface area contributed by atoms with Crippen LogP contribution in [0.4, 0.5) is 11.4 Å². The molecule has 0 radical (unpaired) electrons. The molecule has 4 nitrogen and oxygen atoms in total. The summed E-state index contributed by atoms with van der Waals surface area (Å²) in [5.41, 5.74) is 3.01. The number of nitro benzene ring substituents is 1. The molecule has 0 amide bonds. The van der Waals surface area contributed by atoms with E-state index in [0.29, 0.717) is 18.0 Å². The van der Waals surface area contributed by atoms with E-state index in [2.05, 4.69) is 47.2 Å². The Balaban J connectivity index is 2.12. The SMILES string of the molecule is CC(C)c1ccc(NCc2cc(Br)ccc2[N+](=O)[O-])cc1. The molecule has 0 aliphatic heterocycles. The third kappa shape index (κ3) is 4.04.